The van der Waals surface area contributed by atoms with Gasteiger partial charge in [-0.1, -0.05) is 54.6 Å². The lowest BCUT2D eigenvalue weighted by atomic mass is 10.0. The van der Waals surface area contributed by atoms with E-state index in [9.17, 15) is 14.7 Å². The predicted octanol–water partition coefficient (Wildman–Crippen LogP) is 0.724. The second-order valence-corrected chi connectivity index (χ2v) is 5.67. The molecule has 0 radical (unpaired) electrons. The molecular formula is C18H21N3O4. The molecule has 6 N–H and O–H groups in total. The zero-order valence-corrected chi connectivity index (χ0v) is 13.7. The Hall–Kier alpha value is -2.74. The van der Waals surface area contributed by atoms with E-state index in [1.807, 2.05) is 42.5 Å². The van der Waals surface area contributed by atoms with E-state index < -0.39 is 30.0 Å². The van der Waals surface area contributed by atoms with Crippen molar-refractivity contribution in [2.75, 3.05) is 0 Å². The molecule has 0 unspecified atom stereocenters. The topological polar surface area (TPSA) is 125 Å². The monoisotopic (exact) mass is 343 g/mol. The van der Waals surface area contributed by atoms with Crippen LogP contribution in [-0.2, 0) is 9.59 Å². The SMILES string of the molecule is C[C@@H](O)[C@@H](NC(=O)[C@@H](N)c1ccc(-c2ccccc2)cc1)C(=O)NO. The van der Waals surface area contributed by atoms with Gasteiger partial charge in [-0.05, 0) is 23.6 Å². The van der Waals surface area contributed by atoms with Crippen molar-refractivity contribution in [2.24, 2.45) is 5.73 Å². The molecule has 0 spiro atoms. The molecule has 0 heterocycles. The minimum atomic E-state index is -1.30. The Morgan fingerprint density at radius 1 is 0.960 bits per heavy atom. The van der Waals surface area contributed by atoms with Crippen molar-refractivity contribution in [3.05, 3.63) is 60.2 Å². The summed E-state index contributed by atoms with van der Waals surface area (Å²) in [5.74, 6) is -1.56. The third kappa shape index (κ3) is 4.63. The first-order chi connectivity index (χ1) is 11.9. The van der Waals surface area contributed by atoms with Crippen LogP contribution in [-0.4, -0.2) is 34.3 Å². The Morgan fingerprint density at radius 3 is 2.04 bits per heavy atom. The number of carbonyl (C=O) groups excluding carboxylic acids is 2. The molecule has 7 heteroatoms. The summed E-state index contributed by atoms with van der Waals surface area (Å²) in [5.41, 5.74) is 9.92. The Morgan fingerprint density at radius 2 is 1.52 bits per heavy atom. The van der Waals surface area contributed by atoms with Gasteiger partial charge in [0.2, 0.25) is 5.91 Å². The average molecular weight is 343 g/mol. The molecule has 2 aromatic carbocycles. The van der Waals surface area contributed by atoms with E-state index in [-0.39, 0.29) is 0 Å². The molecule has 0 aliphatic heterocycles. The number of nitrogens with two attached hydrogens (primary N) is 1. The number of hydrogen-bond donors (Lipinski definition) is 5. The van der Waals surface area contributed by atoms with Gasteiger partial charge < -0.3 is 16.2 Å². The second-order valence-electron chi connectivity index (χ2n) is 5.67. The van der Waals surface area contributed by atoms with Crippen LogP contribution in [0.4, 0.5) is 0 Å². The molecule has 132 valence electrons. The quantitative estimate of drug-likeness (QED) is 0.390. The van der Waals surface area contributed by atoms with Gasteiger partial charge in [-0.25, -0.2) is 5.48 Å². The van der Waals surface area contributed by atoms with Crippen molar-refractivity contribution >= 4 is 11.8 Å². The average Bonchev–Trinajstić information content (AvgIpc) is 2.65. The van der Waals surface area contributed by atoms with Gasteiger partial charge in [0.25, 0.3) is 5.91 Å². The lowest BCUT2D eigenvalue weighted by molar-refractivity contribution is -0.137. The van der Waals surface area contributed by atoms with Gasteiger partial charge in [-0.3, -0.25) is 14.8 Å². The van der Waals surface area contributed by atoms with Crippen LogP contribution < -0.4 is 16.5 Å². The minimum Gasteiger partial charge on any atom is -0.391 e. The van der Waals surface area contributed by atoms with E-state index >= 15 is 0 Å². The first kappa shape index (κ1) is 18.6. The molecule has 0 saturated heterocycles. The summed E-state index contributed by atoms with van der Waals surface area (Å²) < 4.78 is 0. The second kappa shape index (κ2) is 8.39. The third-order valence-corrected chi connectivity index (χ3v) is 3.83. The molecule has 0 aliphatic carbocycles. The highest BCUT2D eigenvalue weighted by Crippen LogP contribution is 2.21. The van der Waals surface area contributed by atoms with Gasteiger partial charge in [-0.2, -0.15) is 0 Å². The van der Waals surface area contributed by atoms with E-state index in [1.165, 1.54) is 12.4 Å². The van der Waals surface area contributed by atoms with E-state index in [0.29, 0.717) is 5.56 Å². The fourth-order valence-electron chi connectivity index (χ4n) is 2.38. The number of benzene rings is 2. The van der Waals surface area contributed by atoms with Crippen molar-refractivity contribution in [1.82, 2.24) is 10.8 Å². The summed E-state index contributed by atoms with van der Waals surface area (Å²) in [6.45, 7) is 1.32. The summed E-state index contributed by atoms with van der Waals surface area (Å²) in [7, 11) is 0. The number of hydroxylamine groups is 1. The first-order valence-corrected chi connectivity index (χ1v) is 7.77. The zero-order chi connectivity index (χ0) is 18.4. The number of aliphatic hydroxyl groups is 1. The molecular weight excluding hydrogens is 322 g/mol. The summed E-state index contributed by atoms with van der Waals surface area (Å²) in [5, 5.41) is 20.5. The molecule has 0 aliphatic rings. The van der Waals surface area contributed by atoms with Crippen LogP contribution in [0, 0.1) is 0 Å². The molecule has 2 aromatic rings. The van der Waals surface area contributed by atoms with Gasteiger partial charge in [-0.15, -0.1) is 0 Å². The van der Waals surface area contributed by atoms with Crippen molar-refractivity contribution in [1.29, 1.82) is 0 Å². The van der Waals surface area contributed by atoms with Gasteiger partial charge in [0.1, 0.15) is 12.1 Å². The van der Waals surface area contributed by atoms with E-state index in [2.05, 4.69) is 5.32 Å². The number of hydrogen-bond acceptors (Lipinski definition) is 5. The molecule has 2 amide bonds. The van der Waals surface area contributed by atoms with Gasteiger partial charge in [0.05, 0.1) is 6.10 Å². The van der Waals surface area contributed by atoms with Crippen LogP contribution in [0.2, 0.25) is 0 Å². The normalized spacial score (nSPS) is 14.2. The maximum absolute atomic E-state index is 12.2. The lowest BCUT2D eigenvalue weighted by Crippen LogP contribution is -2.53. The van der Waals surface area contributed by atoms with Crippen molar-refractivity contribution in [2.45, 2.75) is 25.1 Å². The number of rotatable bonds is 6. The maximum Gasteiger partial charge on any atom is 0.268 e. The molecule has 0 aromatic heterocycles. The van der Waals surface area contributed by atoms with Crippen LogP contribution >= 0.6 is 0 Å². The first-order valence-electron chi connectivity index (χ1n) is 7.77. The Labute approximate surface area is 145 Å². The molecule has 25 heavy (non-hydrogen) atoms. The van der Waals surface area contributed by atoms with Crippen molar-refractivity contribution in [3.8, 4) is 11.1 Å². The smallest absolute Gasteiger partial charge is 0.268 e. The minimum absolute atomic E-state index is 0.561. The Kier molecular flexibility index (Phi) is 6.24. The Balaban J connectivity index is 2.10. The fraction of sp³-hybridized carbons (Fsp3) is 0.222. The molecule has 3 atom stereocenters. The standard InChI is InChI=1S/C18H21N3O4/c1-11(22)16(18(24)21-25)20-17(23)15(19)14-9-7-13(8-10-14)12-5-3-2-4-6-12/h2-11,15-16,22,25H,19H2,1H3,(H,20,23)(H,21,24)/t11-,15+,16-/m1/s1. The van der Waals surface area contributed by atoms with Crippen LogP contribution in [0.3, 0.4) is 0 Å². The van der Waals surface area contributed by atoms with E-state index in [1.54, 1.807) is 12.1 Å². The Bertz CT molecular complexity index is 717. The number of nitrogens with one attached hydrogen (secondary N) is 2. The molecule has 0 bridgehead atoms. The van der Waals surface area contributed by atoms with E-state index in [4.69, 9.17) is 10.9 Å². The van der Waals surface area contributed by atoms with Gasteiger partial charge in [0.15, 0.2) is 0 Å². The highest BCUT2D eigenvalue weighted by molar-refractivity contribution is 5.90. The number of amides is 2. The van der Waals surface area contributed by atoms with Crippen LogP contribution in [0.5, 0.6) is 0 Å². The van der Waals surface area contributed by atoms with Crippen molar-refractivity contribution < 1.29 is 19.9 Å². The summed E-state index contributed by atoms with van der Waals surface area (Å²) in [4.78, 5) is 23.7. The highest BCUT2D eigenvalue weighted by Gasteiger charge is 2.28. The summed E-state index contributed by atoms with van der Waals surface area (Å²) in [6, 6.07) is 14.6. The molecule has 2 rings (SSSR count). The fourth-order valence-corrected chi connectivity index (χ4v) is 2.38. The van der Waals surface area contributed by atoms with Gasteiger partial charge >= 0.3 is 0 Å². The molecule has 0 fully saturated rings. The third-order valence-electron chi connectivity index (χ3n) is 3.83. The van der Waals surface area contributed by atoms with Crippen LogP contribution in [0.15, 0.2) is 54.6 Å². The summed E-state index contributed by atoms with van der Waals surface area (Å²) >= 11 is 0. The number of carbonyl (C=O) groups is 2. The lowest BCUT2D eigenvalue weighted by Gasteiger charge is -2.21. The maximum atomic E-state index is 12.2. The molecule has 0 saturated carbocycles. The van der Waals surface area contributed by atoms with Gasteiger partial charge in [0, 0.05) is 0 Å². The number of aliphatic hydroxyl groups excluding tert-OH is 1. The zero-order valence-electron chi connectivity index (χ0n) is 13.7. The van der Waals surface area contributed by atoms with E-state index in [0.717, 1.165) is 11.1 Å². The predicted molar refractivity (Wildman–Crippen MR) is 92.3 cm³/mol. The van der Waals surface area contributed by atoms with Crippen LogP contribution in [0.25, 0.3) is 11.1 Å². The summed E-state index contributed by atoms with van der Waals surface area (Å²) in [6.07, 6.45) is -1.19. The van der Waals surface area contributed by atoms with Crippen LogP contribution in [0.1, 0.15) is 18.5 Å². The highest BCUT2D eigenvalue weighted by atomic mass is 16.5. The largest absolute Gasteiger partial charge is 0.391 e. The molecule has 7 nitrogen and oxygen atoms in total. The van der Waals surface area contributed by atoms with Crippen molar-refractivity contribution in [3.63, 3.8) is 0 Å².